The Morgan fingerprint density at radius 3 is 1.29 bits per heavy atom. The van der Waals surface area contributed by atoms with Gasteiger partial charge in [-0.3, -0.25) is 0 Å². The highest BCUT2D eigenvalue weighted by atomic mass is 16.2. The van der Waals surface area contributed by atoms with Gasteiger partial charge in [0.1, 0.15) is 0 Å². The number of anilines is 2. The molecule has 2 heterocycles. The van der Waals surface area contributed by atoms with Crippen LogP contribution in [-0.4, -0.2) is 45.1 Å². The molecule has 0 saturated heterocycles. The van der Waals surface area contributed by atoms with Crippen LogP contribution in [0.25, 0.3) is 43.6 Å². The molecule has 7 rings (SSSR count). The lowest BCUT2D eigenvalue weighted by atomic mass is 10.1. The van der Waals surface area contributed by atoms with Crippen molar-refractivity contribution in [2.24, 2.45) is 0 Å². The first-order valence-electron chi connectivity index (χ1n) is 16.5. The Balaban J connectivity index is 0.963. The average Bonchev–Trinajstić information content (AvgIpc) is 3.60. The first-order valence-corrected chi connectivity index (χ1v) is 16.5. The van der Waals surface area contributed by atoms with Crippen LogP contribution >= 0.6 is 0 Å². The number of nitrogens with zero attached hydrogens (tertiary/aromatic N) is 4. The van der Waals surface area contributed by atoms with Crippen LogP contribution < -0.4 is 10.6 Å². The molecule has 8 nitrogen and oxygen atoms in total. The minimum atomic E-state index is -0.175. The topological polar surface area (TPSA) is 74.5 Å². The summed E-state index contributed by atoms with van der Waals surface area (Å²) < 4.78 is 4.59. The maximum atomic E-state index is 13.1. The predicted octanol–water partition coefficient (Wildman–Crippen LogP) is 9.27. The van der Waals surface area contributed by atoms with Crippen LogP contribution in [0.5, 0.6) is 0 Å². The summed E-state index contributed by atoms with van der Waals surface area (Å²) in [6, 6.07) is 36.6. The van der Waals surface area contributed by atoms with Crippen LogP contribution in [0.2, 0.25) is 0 Å². The highest BCUT2D eigenvalue weighted by Crippen LogP contribution is 2.32. The third kappa shape index (κ3) is 5.70. The van der Waals surface area contributed by atoms with Gasteiger partial charge in [-0.25, -0.2) is 9.59 Å². The number of carbonyl (C=O) groups excluding carboxylic acids is 2. The van der Waals surface area contributed by atoms with E-state index in [0.29, 0.717) is 13.1 Å². The van der Waals surface area contributed by atoms with Gasteiger partial charge in [0.25, 0.3) is 0 Å². The summed E-state index contributed by atoms with van der Waals surface area (Å²) in [7, 11) is 3.58. The van der Waals surface area contributed by atoms with Crippen LogP contribution in [0.4, 0.5) is 21.0 Å². The number of urea groups is 2. The molecule has 8 heteroatoms. The molecule has 0 saturated carbocycles. The van der Waals surface area contributed by atoms with Crippen LogP contribution in [0.3, 0.4) is 0 Å². The molecule has 0 radical (unpaired) electrons. The maximum Gasteiger partial charge on any atom is 0.321 e. The molecule has 7 aromatic rings. The molecule has 0 fully saturated rings. The van der Waals surface area contributed by atoms with Gasteiger partial charge in [0, 0.05) is 95.3 Å². The number of para-hydroxylation sites is 2. The quantitative estimate of drug-likeness (QED) is 0.175. The van der Waals surface area contributed by atoms with Crippen molar-refractivity contribution in [3.8, 4) is 0 Å². The number of benzene rings is 5. The van der Waals surface area contributed by atoms with E-state index in [0.717, 1.165) is 57.4 Å². The van der Waals surface area contributed by atoms with Crippen molar-refractivity contribution in [1.29, 1.82) is 0 Å². The standard InChI is InChI=1S/C40H40N6O2/c1-5-45-35-13-9-7-11-31(35)33-23-29(19-21-37(33)45)41-39(47)43(3)25-27-15-17-28(18-16-27)26-44(4)40(48)42-30-20-22-38-34(24-30)32-12-8-10-14-36(32)46(38)6-2/h7-24H,5-6,25-26H2,1-4H3,(H,41,47)(H,42,48). The minimum Gasteiger partial charge on any atom is -0.341 e. The van der Waals surface area contributed by atoms with E-state index in [9.17, 15) is 9.59 Å². The molecule has 0 spiro atoms. The van der Waals surface area contributed by atoms with Crippen LogP contribution in [-0.2, 0) is 26.2 Å². The molecule has 0 aliphatic carbocycles. The van der Waals surface area contributed by atoms with Crippen molar-refractivity contribution >= 4 is 67.0 Å². The van der Waals surface area contributed by atoms with Crippen molar-refractivity contribution in [2.75, 3.05) is 24.7 Å². The van der Waals surface area contributed by atoms with E-state index < -0.39 is 0 Å². The van der Waals surface area contributed by atoms with E-state index in [1.165, 1.54) is 21.8 Å². The Labute approximate surface area is 280 Å². The van der Waals surface area contributed by atoms with Crippen LogP contribution in [0, 0.1) is 0 Å². The molecular weight excluding hydrogens is 596 g/mol. The molecule has 48 heavy (non-hydrogen) atoms. The third-order valence-electron chi connectivity index (χ3n) is 9.24. The van der Waals surface area contributed by atoms with E-state index in [2.05, 4.69) is 94.3 Å². The van der Waals surface area contributed by atoms with E-state index in [1.807, 2.05) is 48.5 Å². The van der Waals surface area contributed by atoms with E-state index in [1.54, 1.807) is 23.9 Å². The Morgan fingerprint density at radius 1 is 0.521 bits per heavy atom. The summed E-state index contributed by atoms with van der Waals surface area (Å²) in [6.07, 6.45) is 0. The Bertz CT molecular complexity index is 2140. The Kier molecular flexibility index (Phi) is 8.23. The highest BCUT2D eigenvalue weighted by molar-refractivity contribution is 6.10. The van der Waals surface area contributed by atoms with Gasteiger partial charge in [-0.2, -0.15) is 0 Å². The van der Waals surface area contributed by atoms with E-state index in [4.69, 9.17) is 0 Å². The fraction of sp³-hybridized carbons (Fsp3) is 0.200. The van der Waals surface area contributed by atoms with Gasteiger partial charge in [-0.05, 0) is 73.5 Å². The zero-order chi connectivity index (χ0) is 33.4. The SMILES string of the molecule is CCn1c2ccccc2c2cc(NC(=O)N(C)Cc3ccc(CN(C)C(=O)Nc4ccc5c(c4)c4ccccc4n5CC)cc3)ccc21. The average molecular weight is 637 g/mol. The van der Waals surface area contributed by atoms with Crippen molar-refractivity contribution in [2.45, 2.75) is 40.0 Å². The Morgan fingerprint density at radius 2 is 0.896 bits per heavy atom. The molecule has 0 atom stereocenters. The number of rotatable bonds is 8. The first kappa shape index (κ1) is 30.9. The fourth-order valence-electron chi connectivity index (χ4n) is 6.82. The second-order valence-corrected chi connectivity index (χ2v) is 12.4. The lowest BCUT2D eigenvalue weighted by molar-refractivity contribution is 0.219. The van der Waals surface area contributed by atoms with Crippen molar-refractivity contribution in [3.05, 3.63) is 120 Å². The van der Waals surface area contributed by atoms with Gasteiger partial charge < -0.3 is 29.6 Å². The maximum absolute atomic E-state index is 13.1. The summed E-state index contributed by atoms with van der Waals surface area (Å²) in [4.78, 5) is 29.6. The summed E-state index contributed by atoms with van der Waals surface area (Å²) in [5.74, 6) is 0. The normalized spacial score (nSPS) is 11.4. The highest BCUT2D eigenvalue weighted by Gasteiger charge is 2.15. The number of aryl methyl sites for hydroxylation is 2. The van der Waals surface area contributed by atoms with Crippen molar-refractivity contribution in [3.63, 3.8) is 0 Å². The number of nitrogens with one attached hydrogen (secondary N) is 2. The summed E-state index contributed by atoms with van der Waals surface area (Å²) in [5.41, 5.74) is 8.25. The molecule has 2 N–H and O–H groups in total. The number of amides is 4. The van der Waals surface area contributed by atoms with Crippen molar-refractivity contribution in [1.82, 2.24) is 18.9 Å². The molecule has 0 aliphatic rings. The zero-order valence-corrected chi connectivity index (χ0v) is 27.8. The molecule has 2 aromatic heterocycles. The second-order valence-electron chi connectivity index (χ2n) is 12.4. The van der Waals surface area contributed by atoms with E-state index in [-0.39, 0.29) is 12.1 Å². The lowest BCUT2D eigenvalue weighted by Crippen LogP contribution is -2.31. The number of fused-ring (bicyclic) bond motifs is 6. The number of aromatic nitrogens is 2. The molecule has 0 bridgehead atoms. The van der Waals surface area contributed by atoms with Crippen LogP contribution in [0.15, 0.2) is 109 Å². The van der Waals surface area contributed by atoms with Gasteiger partial charge in [-0.15, -0.1) is 0 Å². The summed E-state index contributed by atoms with van der Waals surface area (Å²) >= 11 is 0. The second kappa shape index (κ2) is 12.8. The number of hydrogen-bond acceptors (Lipinski definition) is 2. The monoisotopic (exact) mass is 636 g/mol. The first-order chi connectivity index (χ1) is 23.3. The van der Waals surface area contributed by atoms with Crippen LogP contribution in [0.1, 0.15) is 25.0 Å². The van der Waals surface area contributed by atoms with Gasteiger partial charge in [0.05, 0.1) is 0 Å². The van der Waals surface area contributed by atoms with Gasteiger partial charge in [-0.1, -0.05) is 60.7 Å². The van der Waals surface area contributed by atoms with Gasteiger partial charge in [0.2, 0.25) is 0 Å². The van der Waals surface area contributed by atoms with Gasteiger partial charge in [0.15, 0.2) is 0 Å². The third-order valence-corrected chi connectivity index (χ3v) is 9.24. The molecule has 0 aliphatic heterocycles. The molecular formula is C40H40N6O2. The number of hydrogen-bond donors (Lipinski definition) is 2. The van der Waals surface area contributed by atoms with Crippen molar-refractivity contribution < 1.29 is 9.59 Å². The van der Waals surface area contributed by atoms with E-state index >= 15 is 0 Å². The van der Waals surface area contributed by atoms with Gasteiger partial charge >= 0.3 is 12.1 Å². The molecule has 242 valence electrons. The molecule has 0 unspecified atom stereocenters. The summed E-state index contributed by atoms with van der Waals surface area (Å²) in [5, 5.41) is 10.7. The lowest BCUT2D eigenvalue weighted by Gasteiger charge is -2.20. The minimum absolute atomic E-state index is 0.175. The Hall–Kier alpha value is -5.76. The fourth-order valence-corrected chi connectivity index (χ4v) is 6.82. The predicted molar refractivity (Wildman–Crippen MR) is 198 cm³/mol. The number of carbonyl (C=O) groups is 2. The summed E-state index contributed by atoms with van der Waals surface area (Å²) in [6.45, 7) is 6.96. The molecule has 4 amide bonds. The molecule has 5 aromatic carbocycles. The largest absolute Gasteiger partial charge is 0.341 e. The smallest absolute Gasteiger partial charge is 0.321 e. The zero-order valence-electron chi connectivity index (χ0n) is 27.8.